The third-order valence-corrected chi connectivity index (χ3v) is 7.11. The van der Waals surface area contributed by atoms with Crippen LogP contribution >= 0.6 is 23.2 Å². The van der Waals surface area contributed by atoms with Crippen molar-refractivity contribution in [2.75, 3.05) is 19.0 Å². The Morgan fingerprint density at radius 2 is 1.79 bits per heavy atom. The first-order valence-electron chi connectivity index (χ1n) is 12.6. The average molecular weight is 553 g/mol. The maximum absolute atomic E-state index is 13.9. The highest BCUT2D eigenvalue weighted by molar-refractivity contribution is 6.42. The number of nitrogens with one attached hydrogen (secondary N) is 1. The van der Waals surface area contributed by atoms with Gasteiger partial charge in [-0.3, -0.25) is 9.36 Å². The molecule has 0 radical (unpaired) electrons. The van der Waals surface area contributed by atoms with Gasteiger partial charge >= 0.3 is 6.03 Å². The number of aromatic nitrogens is 2. The molecule has 7 nitrogen and oxygen atoms in total. The minimum atomic E-state index is -0.508. The molecule has 0 saturated carbocycles. The van der Waals surface area contributed by atoms with Crippen LogP contribution in [0.1, 0.15) is 45.0 Å². The summed E-state index contributed by atoms with van der Waals surface area (Å²) in [6, 6.07) is 18.6. The first-order valence-corrected chi connectivity index (χ1v) is 13.3. The van der Waals surface area contributed by atoms with E-state index in [9.17, 15) is 9.59 Å². The Bertz CT molecular complexity index is 1510. The molecule has 0 fully saturated rings. The molecule has 2 amide bonds. The number of benzene rings is 3. The van der Waals surface area contributed by atoms with Crippen LogP contribution in [0.15, 0.2) is 71.5 Å². The van der Waals surface area contributed by atoms with Crippen LogP contribution in [0.4, 0.5) is 10.5 Å². The van der Waals surface area contributed by atoms with E-state index in [-0.39, 0.29) is 11.6 Å². The second-order valence-corrected chi connectivity index (χ2v) is 9.64. The van der Waals surface area contributed by atoms with E-state index in [0.717, 1.165) is 12.8 Å². The van der Waals surface area contributed by atoms with Crippen molar-refractivity contribution >= 4 is 45.8 Å². The van der Waals surface area contributed by atoms with Gasteiger partial charge in [-0.2, -0.15) is 0 Å². The van der Waals surface area contributed by atoms with Gasteiger partial charge in [-0.25, -0.2) is 9.78 Å². The van der Waals surface area contributed by atoms with E-state index in [2.05, 4.69) is 12.2 Å². The summed E-state index contributed by atoms with van der Waals surface area (Å²) >= 11 is 12.2. The number of methoxy groups -OCH3 is 1. The van der Waals surface area contributed by atoms with Crippen molar-refractivity contribution in [3.05, 3.63) is 93.0 Å². The first-order chi connectivity index (χ1) is 18.4. The summed E-state index contributed by atoms with van der Waals surface area (Å²) < 4.78 is 7.17. The van der Waals surface area contributed by atoms with Crippen molar-refractivity contribution in [3.8, 4) is 11.4 Å². The number of para-hydroxylation sites is 3. The lowest BCUT2D eigenvalue weighted by Gasteiger charge is -2.32. The minimum Gasteiger partial charge on any atom is -0.495 e. The zero-order chi connectivity index (χ0) is 27.2. The van der Waals surface area contributed by atoms with Crippen molar-refractivity contribution in [3.63, 3.8) is 0 Å². The van der Waals surface area contributed by atoms with Crippen LogP contribution in [-0.2, 0) is 0 Å². The lowest BCUT2D eigenvalue weighted by Crippen LogP contribution is -2.41. The molecule has 198 valence electrons. The molecule has 38 heavy (non-hydrogen) atoms. The van der Waals surface area contributed by atoms with Gasteiger partial charge in [0, 0.05) is 12.2 Å². The molecule has 0 aliphatic rings. The van der Waals surface area contributed by atoms with E-state index in [1.807, 2.05) is 43.3 Å². The number of carbonyl (C=O) groups is 1. The Balaban J connectivity index is 1.88. The molecule has 4 aromatic rings. The normalized spacial score (nSPS) is 11.8. The molecule has 4 rings (SSSR count). The number of urea groups is 1. The van der Waals surface area contributed by atoms with Crippen molar-refractivity contribution < 1.29 is 9.53 Å². The summed E-state index contributed by atoms with van der Waals surface area (Å²) in [5.41, 5.74) is 1.42. The van der Waals surface area contributed by atoms with E-state index >= 15 is 0 Å². The molecular weight excluding hydrogens is 523 g/mol. The highest BCUT2D eigenvalue weighted by Gasteiger charge is 2.29. The van der Waals surface area contributed by atoms with E-state index < -0.39 is 6.04 Å². The topological polar surface area (TPSA) is 76.5 Å². The number of rotatable bonds is 9. The molecule has 1 N–H and O–H groups in total. The number of halogens is 2. The first kappa shape index (κ1) is 27.5. The van der Waals surface area contributed by atoms with E-state index in [1.54, 1.807) is 46.9 Å². The summed E-state index contributed by atoms with van der Waals surface area (Å²) in [5.74, 6) is 0.990. The smallest absolute Gasteiger partial charge is 0.322 e. The summed E-state index contributed by atoms with van der Waals surface area (Å²) in [5, 5.41) is 4.17. The molecule has 0 aliphatic carbocycles. The standard InChI is InChI=1S/C29H30Cl2N4O3/c1-4-6-17-34(29(37)32-19-15-16-21(30)22(31)18-19)24(5-2)27-33-23-12-8-7-11-20(23)28(36)35(27)25-13-9-10-14-26(25)38-3/h7-16,18,24H,4-6,17H2,1-3H3,(H,32,37). The lowest BCUT2D eigenvalue weighted by molar-refractivity contribution is 0.180. The van der Waals surface area contributed by atoms with Crippen LogP contribution in [0.5, 0.6) is 5.75 Å². The van der Waals surface area contributed by atoms with E-state index in [1.165, 1.54) is 0 Å². The van der Waals surface area contributed by atoms with E-state index in [0.29, 0.717) is 56.9 Å². The average Bonchev–Trinajstić information content (AvgIpc) is 2.93. The lowest BCUT2D eigenvalue weighted by atomic mass is 10.1. The van der Waals surface area contributed by atoms with Crippen molar-refractivity contribution in [2.24, 2.45) is 0 Å². The van der Waals surface area contributed by atoms with Crippen molar-refractivity contribution in [1.29, 1.82) is 0 Å². The monoisotopic (exact) mass is 552 g/mol. The molecule has 3 aromatic carbocycles. The molecule has 1 atom stereocenters. The number of ether oxygens (including phenoxy) is 1. The van der Waals surface area contributed by atoms with Crippen molar-refractivity contribution in [1.82, 2.24) is 14.5 Å². The van der Waals surface area contributed by atoms with Gasteiger partial charge in [0.2, 0.25) is 0 Å². The number of nitrogens with zero attached hydrogens (tertiary/aromatic N) is 3. The van der Waals surface area contributed by atoms with Crippen LogP contribution in [0, 0.1) is 0 Å². The molecule has 1 heterocycles. The number of amides is 2. The highest BCUT2D eigenvalue weighted by atomic mass is 35.5. The van der Waals surface area contributed by atoms with Crippen LogP contribution < -0.4 is 15.6 Å². The van der Waals surface area contributed by atoms with Gasteiger partial charge in [0.1, 0.15) is 11.6 Å². The van der Waals surface area contributed by atoms with Crippen LogP contribution in [0.25, 0.3) is 16.6 Å². The fourth-order valence-electron chi connectivity index (χ4n) is 4.46. The van der Waals surface area contributed by atoms with Gasteiger partial charge in [0.15, 0.2) is 0 Å². The van der Waals surface area contributed by atoms with Crippen LogP contribution in [0.2, 0.25) is 10.0 Å². The van der Waals surface area contributed by atoms with Crippen LogP contribution in [0.3, 0.4) is 0 Å². The molecule has 0 spiro atoms. The second-order valence-electron chi connectivity index (χ2n) is 8.83. The van der Waals surface area contributed by atoms with E-state index in [4.69, 9.17) is 32.9 Å². The fourth-order valence-corrected chi connectivity index (χ4v) is 4.76. The molecule has 1 unspecified atom stereocenters. The Morgan fingerprint density at radius 1 is 1.05 bits per heavy atom. The largest absolute Gasteiger partial charge is 0.495 e. The number of unbranched alkanes of at least 4 members (excludes halogenated alkanes) is 1. The Kier molecular flexibility index (Phi) is 8.92. The Labute approximate surface area is 232 Å². The van der Waals surface area contributed by atoms with Crippen LogP contribution in [-0.4, -0.2) is 34.1 Å². The Morgan fingerprint density at radius 3 is 2.50 bits per heavy atom. The number of fused-ring (bicyclic) bond motifs is 1. The number of anilines is 1. The molecule has 0 saturated heterocycles. The molecular formula is C29H30Cl2N4O3. The predicted octanol–water partition coefficient (Wildman–Crippen LogP) is 7.49. The van der Waals surface area contributed by atoms with Gasteiger partial charge < -0.3 is 15.0 Å². The molecule has 9 heteroatoms. The molecule has 1 aromatic heterocycles. The zero-order valence-corrected chi connectivity index (χ0v) is 23.1. The quantitative estimate of drug-likeness (QED) is 0.233. The highest BCUT2D eigenvalue weighted by Crippen LogP contribution is 2.31. The Hall–Kier alpha value is -3.55. The third-order valence-electron chi connectivity index (χ3n) is 6.37. The maximum Gasteiger partial charge on any atom is 0.322 e. The number of hydrogen-bond donors (Lipinski definition) is 1. The second kappa shape index (κ2) is 12.3. The fraction of sp³-hybridized carbons (Fsp3) is 0.276. The SMILES string of the molecule is CCCCN(C(=O)Nc1ccc(Cl)c(Cl)c1)C(CC)c1nc2ccccc2c(=O)n1-c1ccccc1OC. The number of carbonyl (C=O) groups excluding carboxylic acids is 1. The summed E-state index contributed by atoms with van der Waals surface area (Å²) in [4.78, 5) is 34.3. The third kappa shape index (κ3) is 5.64. The number of hydrogen-bond acceptors (Lipinski definition) is 4. The zero-order valence-electron chi connectivity index (χ0n) is 21.6. The predicted molar refractivity (Wildman–Crippen MR) is 154 cm³/mol. The van der Waals surface area contributed by atoms with Gasteiger partial charge in [0.05, 0.1) is 39.8 Å². The minimum absolute atomic E-state index is 0.228. The van der Waals surface area contributed by atoms with Gasteiger partial charge in [-0.15, -0.1) is 0 Å². The van der Waals surface area contributed by atoms with Crippen molar-refractivity contribution in [2.45, 2.75) is 39.2 Å². The summed E-state index contributed by atoms with van der Waals surface area (Å²) in [6.45, 7) is 4.51. The summed E-state index contributed by atoms with van der Waals surface area (Å²) in [6.07, 6.45) is 2.19. The summed E-state index contributed by atoms with van der Waals surface area (Å²) in [7, 11) is 1.56. The molecule has 0 bridgehead atoms. The molecule has 0 aliphatic heterocycles. The van der Waals surface area contributed by atoms with Gasteiger partial charge in [-0.1, -0.05) is 67.7 Å². The van der Waals surface area contributed by atoms with Gasteiger partial charge in [-0.05, 0) is 55.3 Å². The maximum atomic E-state index is 13.9. The van der Waals surface area contributed by atoms with Gasteiger partial charge in [0.25, 0.3) is 5.56 Å².